The smallest absolute Gasteiger partial charge is 0.222 e. The number of hydrogen-bond donors (Lipinski definition) is 1. The number of para-hydroxylation sites is 1. The summed E-state index contributed by atoms with van der Waals surface area (Å²) in [5.41, 5.74) is 2.09. The minimum Gasteiger partial charge on any atom is -0.356 e. The summed E-state index contributed by atoms with van der Waals surface area (Å²) in [6.07, 6.45) is 5.94. The summed E-state index contributed by atoms with van der Waals surface area (Å²) in [4.78, 5) is 25.6. The van der Waals surface area contributed by atoms with Crippen LogP contribution in [0.25, 0.3) is 5.69 Å². The maximum atomic E-state index is 11.9. The molecule has 0 saturated heterocycles. The molecule has 1 heterocycles. The Labute approximate surface area is 155 Å². The van der Waals surface area contributed by atoms with Crippen LogP contribution in [0.2, 0.25) is 0 Å². The van der Waals surface area contributed by atoms with Gasteiger partial charge >= 0.3 is 0 Å². The van der Waals surface area contributed by atoms with Crippen LogP contribution in [-0.2, 0) is 16.0 Å². The van der Waals surface area contributed by atoms with E-state index in [1.165, 1.54) is 0 Å². The molecule has 2 aromatic rings. The van der Waals surface area contributed by atoms with Gasteiger partial charge in [-0.2, -0.15) is 5.10 Å². The van der Waals surface area contributed by atoms with E-state index < -0.39 is 0 Å². The van der Waals surface area contributed by atoms with Crippen LogP contribution >= 0.6 is 0 Å². The van der Waals surface area contributed by atoms with E-state index in [4.69, 9.17) is 0 Å². The molecule has 6 nitrogen and oxygen atoms in total. The van der Waals surface area contributed by atoms with Crippen LogP contribution in [0.15, 0.2) is 42.7 Å². The van der Waals surface area contributed by atoms with Crippen LogP contribution in [0, 0.1) is 0 Å². The van der Waals surface area contributed by atoms with Crippen molar-refractivity contribution in [2.45, 2.75) is 39.5 Å². The first-order chi connectivity index (χ1) is 12.6. The Balaban J connectivity index is 1.66. The molecule has 1 aromatic heterocycles. The zero-order valence-electron chi connectivity index (χ0n) is 15.6. The second kappa shape index (κ2) is 10.4. The largest absolute Gasteiger partial charge is 0.356 e. The van der Waals surface area contributed by atoms with Crippen molar-refractivity contribution in [3.05, 3.63) is 48.3 Å². The van der Waals surface area contributed by atoms with E-state index in [-0.39, 0.29) is 11.8 Å². The van der Waals surface area contributed by atoms with Crippen LogP contribution in [0.3, 0.4) is 0 Å². The lowest BCUT2D eigenvalue weighted by atomic mass is 10.2. The molecule has 0 fully saturated rings. The standard InChI is InChI=1S/C20H28N4O2/c1-3-23(4-2)20(26)12-8-11-19(25)21-14-13-17-15-22-24(16-17)18-9-6-5-7-10-18/h5-7,9-10,15-16H,3-4,8,11-14H2,1-2H3,(H,21,25). The van der Waals surface area contributed by atoms with E-state index in [2.05, 4.69) is 10.4 Å². The quantitative estimate of drug-likeness (QED) is 0.711. The highest BCUT2D eigenvalue weighted by Gasteiger charge is 2.10. The molecule has 0 unspecified atom stereocenters. The Morgan fingerprint density at radius 3 is 2.54 bits per heavy atom. The monoisotopic (exact) mass is 356 g/mol. The van der Waals surface area contributed by atoms with Gasteiger partial charge < -0.3 is 10.2 Å². The predicted molar refractivity (Wildman–Crippen MR) is 102 cm³/mol. The van der Waals surface area contributed by atoms with E-state index >= 15 is 0 Å². The summed E-state index contributed by atoms with van der Waals surface area (Å²) in [5, 5.41) is 7.26. The van der Waals surface area contributed by atoms with Crippen LogP contribution in [0.1, 0.15) is 38.7 Å². The highest BCUT2D eigenvalue weighted by Crippen LogP contribution is 2.08. The van der Waals surface area contributed by atoms with Crippen LogP contribution < -0.4 is 5.32 Å². The van der Waals surface area contributed by atoms with Crippen molar-refractivity contribution in [2.75, 3.05) is 19.6 Å². The Bertz CT molecular complexity index is 693. The summed E-state index contributed by atoms with van der Waals surface area (Å²) in [6.45, 7) is 5.95. The van der Waals surface area contributed by atoms with Crippen molar-refractivity contribution in [1.29, 1.82) is 0 Å². The van der Waals surface area contributed by atoms with E-state index in [9.17, 15) is 9.59 Å². The van der Waals surface area contributed by atoms with Crippen molar-refractivity contribution < 1.29 is 9.59 Å². The zero-order valence-corrected chi connectivity index (χ0v) is 15.6. The molecule has 1 N–H and O–H groups in total. The molecular weight excluding hydrogens is 328 g/mol. The van der Waals surface area contributed by atoms with Gasteiger partial charge in [-0.25, -0.2) is 4.68 Å². The number of hydrogen-bond acceptors (Lipinski definition) is 3. The minimum atomic E-state index is -0.00667. The molecule has 0 spiro atoms. The van der Waals surface area contributed by atoms with E-state index in [0.717, 1.165) is 30.8 Å². The fourth-order valence-corrected chi connectivity index (χ4v) is 2.78. The molecule has 26 heavy (non-hydrogen) atoms. The highest BCUT2D eigenvalue weighted by molar-refractivity contribution is 5.78. The topological polar surface area (TPSA) is 67.2 Å². The molecule has 0 aliphatic rings. The Kier molecular flexibility index (Phi) is 7.86. The number of rotatable bonds is 10. The normalized spacial score (nSPS) is 10.5. The molecule has 0 aliphatic heterocycles. The Morgan fingerprint density at radius 2 is 1.85 bits per heavy atom. The van der Waals surface area contributed by atoms with Gasteiger partial charge in [0.15, 0.2) is 0 Å². The Hall–Kier alpha value is -2.63. The molecule has 140 valence electrons. The lowest BCUT2D eigenvalue weighted by Crippen LogP contribution is -2.31. The van der Waals surface area contributed by atoms with Crippen LogP contribution in [-0.4, -0.2) is 46.1 Å². The molecule has 6 heteroatoms. The van der Waals surface area contributed by atoms with Gasteiger partial charge in [-0.15, -0.1) is 0 Å². The predicted octanol–water partition coefficient (Wildman–Crippen LogP) is 2.57. The summed E-state index contributed by atoms with van der Waals surface area (Å²) in [6, 6.07) is 9.92. The summed E-state index contributed by atoms with van der Waals surface area (Å²) >= 11 is 0. The van der Waals surface area contributed by atoms with Gasteiger partial charge in [-0.1, -0.05) is 18.2 Å². The lowest BCUT2D eigenvalue weighted by molar-refractivity contribution is -0.131. The molecule has 0 saturated carbocycles. The minimum absolute atomic E-state index is 0.00667. The molecule has 2 amide bonds. The first-order valence-corrected chi connectivity index (χ1v) is 9.27. The molecule has 0 atom stereocenters. The third kappa shape index (κ3) is 6.02. The van der Waals surface area contributed by atoms with E-state index in [0.29, 0.717) is 25.8 Å². The summed E-state index contributed by atoms with van der Waals surface area (Å²) in [5.74, 6) is 0.115. The van der Waals surface area contributed by atoms with Gasteiger partial charge in [0.1, 0.15) is 0 Å². The highest BCUT2D eigenvalue weighted by atomic mass is 16.2. The van der Waals surface area contributed by atoms with Crippen molar-refractivity contribution in [3.8, 4) is 5.69 Å². The van der Waals surface area contributed by atoms with Crippen molar-refractivity contribution in [1.82, 2.24) is 20.0 Å². The third-order valence-corrected chi connectivity index (χ3v) is 4.30. The fraction of sp³-hybridized carbons (Fsp3) is 0.450. The summed E-state index contributed by atoms with van der Waals surface area (Å²) in [7, 11) is 0. The molecule has 1 aromatic carbocycles. The molecular formula is C20H28N4O2. The second-order valence-corrected chi connectivity index (χ2v) is 6.15. The van der Waals surface area contributed by atoms with Gasteiger partial charge in [0.25, 0.3) is 0 Å². The average molecular weight is 356 g/mol. The van der Waals surface area contributed by atoms with Gasteiger partial charge in [0.05, 0.1) is 11.9 Å². The third-order valence-electron chi connectivity index (χ3n) is 4.30. The summed E-state index contributed by atoms with van der Waals surface area (Å²) < 4.78 is 1.83. The van der Waals surface area contributed by atoms with Crippen LogP contribution in [0.5, 0.6) is 0 Å². The first-order valence-electron chi connectivity index (χ1n) is 9.27. The van der Waals surface area contributed by atoms with Gasteiger partial charge in [0, 0.05) is 38.7 Å². The number of nitrogens with one attached hydrogen (secondary N) is 1. The second-order valence-electron chi connectivity index (χ2n) is 6.15. The number of amides is 2. The molecule has 2 rings (SSSR count). The van der Waals surface area contributed by atoms with Gasteiger partial charge in [-0.05, 0) is 44.4 Å². The number of carbonyl (C=O) groups excluding carboxylic acids is 2. The molecule has 0 radical (unpaired) electrons. The number of benzene rings is 1. The SMILES string of the molecule is CCN(CC)C(=O)CCCC(=O)NCCc1cnn(-c2ccccc2)c1. The molecule has 0 aliphatic carbocycles. The van der Waals surface area contributed by atoms with Crippen molar-refractivity contribution in [2.24, 2.45) is 0 Å². The average Bonchev–Trinajstić information content (AvgIpc) is 3.12. The van der Waals surface area contributed by atoms with Gasteiger partial charge in [-0.3, -0.25) is 9.59 Å². The number of nitrogens with zero attached hydrogens (tertiary/aromatic N) is 3. The van der Waals surface area contributed by atoms with E-state index in [1.54, 1.807) is 4.90 Å². The Morgan fingerprint density at radius 1 is 1.12 bits per heavy atom. The van der Waals surface area contributed by atoms with Crippen molar-refractivity contribution in [3.63, 3.8) is 0 Å². The number of aromatic nitrogens is 2. The zero-order chi connectivity index (χ0) is 18.8. The van der Waals surface area contributed by atoms with Crippen LogP contribution in [0.4, 0.5) is 0 Å². The first kappa shape index (κ1) is 19.7. The maximum absolute atomic E-state index is 11.9. The van der Waals surface area contributed by atoms with Gasteiger partial charge in [0.2, 0.25) is 11.8 Å². The van der Waals surface area contributed by atoms with Crippen molar-refractivity contribution >= 4 is 11.8 Å². The molecule has 0 bridgehead atoms. The maximum Gasteiger partial charge on any atom is 0.222 e. The fourth-order valence-electron chi connectivity index (χ4n) is 2.78. The lowest BCUT2D eigenvalue weighted by Gasteiger charge is -2.18. The van der Waals surface area contributed by atoms with E-state index in [1.807, 2.05) is 61.3 Å². The number of carbonyl (C=O) groups is 2.